The maximum absolute atomic E-state index is 13.4. The van der Waals surface area contributed by atoms with Crippen LogP contribution in [0.3, 0.4) is 0 Å². The van der Waals surface area contributed by atoms with Crippen LogP contribution in [0.2, 0.25) is 6.43 Å². The van der Waals surface area contributed by atoms with E-state index in [1.165, 1.54) is 12.3 Å². The summed E-state index contributed by atoms with van der Waals surface area (Å²) in [5.74, 6) is -1.83. The Morgan fingerprint density at radius 3 is 2.90 bits per heavy atom. The molecule has 11 heteroatoms. The molecule has 0 saturated heterocycles. The molecule has 152 valence electrons. The highest BCUT2D eigenvalue weighted by atomic mass is 35.5. The summed E-state index contributed by atoms with van der Waals surface area (Å²) < 4.78 is 89.8. The van der Waals surface area contributed by atoms with Gasteiger partial charge in [0.05, 0.1) is 4.88 Å². The molecule has 0 saturated carbocycles. The lowest BCUT2D eigenvalue weighted by atomic mass is 10.0. The lowest BCUT2D eigenvalue weighted by Crippen LogP contribution is -2.16. The minimum absolute atomic E-state index is 0.0383. The molecule has 1 aromatic carbocycles. The van der Waals surface area contributed by atoms with E-state index in [1.54, 1.807) is 0 Å². The molecule has 0 atom stereocenters. The van der Waals surface area contributed by atoms with Gasteiger partial charge in [-0.3, -0.25) is 4.79 Å². The van der Waals surface area contributed by atoms with E-state index in [-0.39, 0.29) is 33.7 Å². The van der Waals surface area contributed by atoms with Crippen molar-refractivity contribution in [3.05, 3.63) is 50.3 Å². The number of carbonyl (C=O) groups is 1. The summed E-state index contributed by atoms with van der Waals surface area (Å²) in [5.41, 5.74) is -0.890. The average molecular weight is 461 g/mol. The lowest BCUT2D eigenvalue weighted by molar-refractivity contribution is 0.0994. The summed E-state index contributed by atoms with van der Waals surface area (Å²) >= 11 is 6.56. The van der Waals surface area contributed by atoms with Gasteiger partial charge in [0.15, 0.2) is 18.7 Å². The zero-order valence-electron chi connectivity index (χ0n) is 20.6. The van der Waals surface area contributed by atoms with Crippen LogP contribution in [-0.4, -0.2) is 26.2 Å². The number of ether oxygens (including phenoxy) is 2. The topological polar surface area (TPSA) is 108 Å². The second-order valence-electron chi connectivity index (χ2n) is 5.77. The first-order valence-electron chi connectivity index (χ1n) is 10.8. The molecule has 8 nitrogen and oxygen atoms in total. The van der Waals surface area contributed by atoms with Gasteiger partial charge in [0.25, 0.3) is 15.9 Å². The molecule has 0 radical (unpaired) electrons. The number of aromatic nitrogens is 1. The van der Waals surface area contributed by atoms with Crippen LogP contribution in [-0.2, 0) is 16.4 Å². The summed E-state index contributed by atoms with van der Waals surface area (Å²) in [6.45, 7) is -1.61. The molecule has 3 aromatic rings. The monoisotopic (exact) mass is 460 g/mol. The van der Waals surface area contributed by atoms with Crippen LogP contribution in [0.1, 0.15) is 33.3 Å². The molecule has 1 aliphatic heterocycles. The highest BCUT2D eigenvalue weighted by molar-refractivity contribution is 7.93. The molecule has 1 aliphatic rings. The summed E-state index contributed by atoms with van der Waals surface area (Å²) in [6.07, 6.45) is -2.99. The van der Waals surface area contributed by atoms with Gasteiger partial charge in [-0.25, -0.2) is 13.1 Å². The molecule has 0 bridgehead atoms. The number of nitrogens with zero attached hydrogens (tertiary/aromatic N) is 1. The SMILES string of the molecule is [2H]N(c1onc(C)c1Cl)S(=O)(=O)c1ccsc1C(=O)C([2H])([2H])c1cc2c(cc1C([2H])([2H])[2H])OCO2. The number of nitrogens with one attached hydrogen (secondary N) is 1. The van der Waals surface area contributed by atoms with Crippen molar-refractivity contribution in [3.8, 4) is 11.5 Å². The van der Waals surface area contributed by atoms with Gasteiger partial charge in [-0.05, 0) is 48.5 Å². The number of fused-ring (bicyclic) bond motifs is 1. The number of hydrogen-bond donors (Lipinski definition) is 1. The van der Waals surface area contributed by atoms with Gasteiger partial charge in [-0.2, -0.15) is 0 Å². The molecular formula is C18H15ClN2O6S2. The minimum Gasteiger partial charge on any atom is -0.454 e. The van der Waals surface area contributed by atoms with Gasteiger partial charge in [0.1, 0.15) is 15.6 Å². The Hall–Kier alpha value is -2.56. The van der Waals surface area contributed by atoms with E-state index >= 15 is 0 Å². The van der Waals surface area contributed by atoms with Gasteiger partial charge in [0, 0.05) is 13.2 Å². The number of aryl methyl sites for hydroxylation is 2. The molecule has 0 unspecified atom stereocenters. The number of anilines is 1. The number of rotatable bonds is 6. The Labute approximate surface area is 183 Å². The highest BCUT2D eigenvalue weighted by Crippen LogP contribution is 2.36. The second kappa shape index (κ2) is 7.36. The Kier molecular flexibility index (Phi) is 3.46. The van der Waals surface area contributed by atoms with Crippen molar-refractivity contribution in [1.29, 1.82) is 0 Å². The quantitative estimate of drug-likeness (QED) is 0.554. The Morgan fingerprint density at radius 2 is 2.21 bits per heavy atom. The lowest BCUT2D eigenvalue weighted by Gasteiger charge is -2.09. The van der Waals surface area contributed by atoms with E-state index in [9.17, 15) is 13.2 Å². The number of Topliss-reactive ketones (excluding diaryl/α,β-unsaturated/α-hetero) is 1. The minimum atomic E-state index is -4.78. The maximum Gasteiger partial charge on any atom is 0.265 e. The summed E-state index contributed by atoms with van der Waals surface area (Å²) in [7, 11) is -4.78. The Balaban J connectivity index is 1.80. The Morgan fingerprint density at radius 1 is 1.45 bits per heavy atom. The van der Waals surface area contributed by atoms with Crippen molar-refractivity contribution < 1.29 is 35.5 Å². The van der Waals surface area contributed by atoms with Crippen LogP contribution in [0.15, 0.2) is 33.0 Å². The molecule has 2 aromatic heterocycles. The first kappa shape index (κ1) is 13.6. The van der Waals surface area contributed by atoms with Crippen molar-refractivity contribution in [2.75, 3.05) is 11.5 Å². The number of hydrogen-bond acceptors (Lipinski definition) is 8. The predicted octanol–water partition coefficient (Wildman–Crippen LogP) is 3.96. The third-order valence-electron chi connectivity index (χ3n) is 3.85. The van der Waals surface area contributed by atoms with Crippen molar-refractivity contribution in [2.45, 2.75) is 25.0 Å². The second-order valence-corrected chi connectivity index (χ2v) is 8.64. The number of halogens is 1. The molecule has 4 rings (SSSR count). The van der Waals surface area contributed by atoms with Crippen LogP contribution >= 0.6 is 22.9 Å². The van der Waals surface area contributed by atoms with E-state index in [0.717, 1.165) is 18.2 Å². The molecule has 3 heterocycles. The van der Waals surface area contributed by atoms with E-state index in [2.05, 4.69) is 5.16 Å². The summed E-state index contributed by atoms with van der Waals surface area (Å²) in [5, 5.41) is 4.49. The maximum atomic E-state index is 13.4. The largest absolute Gasteiger partial charge is 0.454 e. The molecule has 0 aliphatic carbocycles. The van der Waals surface area contributed by atoms with E-state index in [1.807, 2.05) is 0 Å². The van der Waals surface area contributed by atoms with E-state index in [4.69, 9.17) is 33.9 Å². The van der Waals surface area contributed by atoms with Crippen LogP contribution < -0.4 is 14.2 Å². The molecule has 0 spiro atoms. The predicted molar refractivity (Wildman–Crippen MR) is 107 cm³/mol. The number of sulfonamides is 1. The van der Waals surface area contributed by atoms with E-state index in [0.29, 0.717) is 11.3 Å². The fourth-order valence-corrected chi connectivity index (χ4v) is 4.85. The fourth-order valence-electron chi connectivity index (χ4n) is 2.45. The van der Waals surface area contributed by atoms with Crippen LogP contribution in [0.5, 0.6) is 11.5 Å². The summed E-state index contributed by atoms with van der Waals surface area (Å²) in [6, 6.07) is 3.14. The van der Waals surface area contributed by atoms with Gasteiger partial charge in [-0.15, -0.1) is 11.3 Å². The number of benzene rings is 1. The average Bonchev–Trinajstić information content (AvgIpc) is 3.51. The van der Waals surface area contributed by atoms with Gasteiger partial charge < -0.3 is 14.0 Å². The number of ketones is 1. The normalized spacial score (nSPS) is 16.9. The van der Waals surface area contributed by atoms with Gasteiger partial charge >= 0.3 is 0 Å². The highest BCUT2D eigenvalue weighted by Gasteiger charge is 2.27. The van der Waals surface area contributed by atoms with Gasteiger partial charge in [-0.1, -0.05) is 16.8 Å². The van der Waals surface area contributed by atoms with Crippen molar-refractivity contribution in [1.82, 2.24) is 5.16 Å². The zero-order chi connectivity index (χ0) is 25.9. The first-order valence-corrected chi connectivity index (χ1v) is 10.6. The zero-order valence-corrected chi connectivity index (χ0v) is 16.9. The standard InChI is InChI=1S/C18H15ClN2O6S2/c1-9-5-13-14(26-8-25-13)7-11(9)6-12(22)17-15(3-4-28-17)29(23,24)21-18-16(19)10(2)20-27-18/h3-5,7,21H,6,8H2,1-2H3/i1D3,6D2/hD. The molecule has 0 amide bonds. The third kappa shape index (κ3) is 3.70. The van der Waals surface area contributed by atoms with Crippen LogP contribution in [0, 0.1) is 13.8 Å². The number of carbonyl (C=O) groups excluding carboxylic acids is 1. The molecule has 0 fully saturated rings. The van der Waals surface area contributed by atoms with Crippen molar-refractivity contribution in [3.63, 3.8) is 0 Å². The fraction of sp³-hybridized carbons (Fsp3) is 0.222. The molecule has 1 N–H and O–H groups in total. The molecular weight excluding hydrogens is 440 g/mol. The van der Waals surface area contributed by atoms with Crippen molar-refractivity contribution >= 4 is 44.6 Å². The summed E-state index contributed by atoms with van der Waals surface area (Å²) in [4.78, 5) is 12.1. The van der Waals surface area contributed by atoms with Gasteiger partial charge in [0.2, 0.25) is 6.79 Å². The third-order valence-corrected chi connectivity index (χ3v) is 6.63. The molecule has 29 heavy (non-hydrogen) atoms. The van der Waals surface area contributed by atoms with Crippen molar-refractivity contribution in [2.24, 2.45) is 0 Å². The smallest absolute Gasteiger partial charge is 0.265 e. The Bertz CT molecular complexity index is 1440. The van der Waals surface area contributed by atoms with Crippen LogP contribution in [0.25, 0.3) is 0 Å². The van der Waals surface area contributed by atoms with E-state index < -0.39 is 55.8 Å². The first-order chi connectivity index (χ1) is 16.2. The number of thiophene rings is 1. The van der Waals surface area contributed by atoms with Crippen LogP contribution in [0.4, 0.5) is 5.88 Å².